The monoisotopic (exact) mass is 178 g/mol. The van der Waals surface area contributed by atoms with Crippen molar-refractivity contribution in [1.82, 2.24) is 0 Å². The lowest BCUT2D eigenvalue weighted by Crippen LogP contribution is -2.16. The van der Waals surface area contributed by atoms with Gasteiger partial charge < -0.3 is 0 Å². The molecule has 1 aliphatic heterocycles. The summed E-state index contributed by atoms with van der Waals surface area (Å²) in [4.78, 5) is 1.49. The van der Waals surface area contributed by atoms with Crippen LogP contribution in [0.3, 0.4) is 0 Å². The third-order valence-electron chi connectivity index (χ3n) is 2.50. The van der Waals surface area contributed by atoms with Gasteiger partial charge in [0.15, 0.2) is 0 Å². The van der Waals surface area contributed by atoms with Crippen molar-refractivity contribution >= 4 is 11.8 Å². The number of aryl methyl sites for hydroxylation is 1. The van der Waals surface area contributed by atoms with Crippen LogP contribution in [-0.2, 0) is 5.41 Å². The molecule has 1 heteroatoms. The van der Waals surface area contributed by atoms with Crippen LogP contribution in [0, 0.1) is 6.92 Å². The number of rotatable bonds is 0. The summed E-state index contributed by atoms with van der Waals surface area (Å²) < 4.78 is 0. The largest absolute Gasteiger partial charge is 0.125 e. The van der Waals surface area contributed by atoms with E-state index in [1.165, 1.54) is 16.2 Å². The van der Waals surface area contributed by atoms with Crippen molar-refractivity contribution in [3.05, 3.63) is 29.3 Å². The molecule has 0 aromatic heterocycles. The van der Waals surface area contributed by atoms with Gasteiger partial charge in [0.05, 0.1) is 0 Å². The summed E-state index contributed by atoms with van der Waals surface area (Å²) in [6.45, 7) is 6.88. The lowest BCUT2D eigenvalue weighted by Gasteiger charge is -2.19. The SMILES string of the molecule is Cc1cccc2c1C(C)(C)CS2. The van der Waals surface area contributed by atoms with Crippen LogP contribution in [0.15, 0.2) is 23.1 Å². The number of hydrogen-bond donors (Lipinski definition) is 0. The number of thioether (sulfide) groups is 1. The van der Waals surface area contributed by atoms with Crippen molar-refractivity contribution in [3.8, 4) is 0 Å². The van der Waals surface area contributed by atoms with Crippen LogP contribution < -0.4 is 0 Å². The van der Waals surface area contributed by atoms with Gasteiger partial charge in [-0.15, -0.1) is 11.8 Å². The molecule has 0 aliphatic carbocycles. The van der Waals surface area contributed by atoms with E-state index in [2.05, 4.69) is 39.0 Å². The fraction of sp³-hybridized carbons (Fsp3) is 0.455. The van der Waals surface area contributed by atoms with E-state index in [0.717, 1.165) is 0 Å². The van der Waals surface area contributed by atoms with Gasteiger partial charge in [-0.2, -0.15) is 0 Å². The third kappa shape index (κ3) is 1.08. The Morgan fingerprint density at radius 1 is 1.33 bits per heavy atom. The molecular weight excluding hydrogens is 164 g/mol. The molecular formula is C11H14S. The van der Waals surface area contributed by atoms with E-state index in [1.54, 1.807) is 5.56 Å². The Balaban J connectivity index is 2.64. The number of fused-ring (bicyclic) bond motifs is 1. The minimum Gasteiger partial charge on any atom is -0.125 e. The minimum atomic E-state index is 0.380. The van der Waals surface area contributed by atoms with Crippen LogP contribution in [-0.4, -0.2) is 5.75 Å². The maximum absolute atomic E-state index is 2.33. The second kappa shape index (κ2) is 2.53. The van der Waals surface area contributed by atoms with Gasteiger partial charge in [-0.05, 0) is 24.1 Å². The smallest absolute Gasteiger partial charge is 0.0113 e. The van der Waals surface area contributed by atoms with Gasteiger partial charge in [-0.3, -0.25) is 0 Å². The normalized spacial score (nSPS) is 19.2. The van der Waals surface area contributed by atoms with E-state index in [-0.39, 0.29) is 0 Å². The lowest BCUT2D eigenvalue weighted by molar-refractivity contribution is 0.600. The highest BCUT2D eigenvalue weighted by Crippen LogP contribution is 2.44. The Bertz CT molecular complexity index is 313. The number of hydrogen-bond acceptors (Lipinski definition) is 1. The summed E-state index contributed by atoms with van der Waals surface area (Å²) in [5, 5.41) is 0. The average molecular weight is 178 g/mol. The van der Waals surface area contributed by atoms with Crippen LogP contribution in [0.5, 0.6) is 0 Å². The standard InChI is InChI=1S/C11H14S/c1-8-5-4-6-9-10(8)11(2,3)7-12-9/h4-6H,7H2,1-3H3. The van der Waals surface area contributed by atoms with Gasteiger partial charge in [0, 0.05) is 16.1 Å². The Kier molecular flexibility index (Phi) is 1.72. The van der Waals surface area contributed by atoms with Crippen LogP contribution >= 0.6 is 11.8 Å². The zero-order chi connectivity index (χ0) is 8.77. The lowest BCUT2D eigenvalue weighted by atomic mass is 9.84. The minimum absolute atomic E-state index is 0.380. The van der Waals surface area contributed by atoms with Gasteiger partial charge in [0.25, 0.3) is 0 Å². The first-order chi connectivity index (χ1) is 5.61. The molecule has 0 nitrogen and oxygen atoms in total. The zero-order valence-corrected chi connectivity index (χ0v) is 8.66. The molecule has 0 fully saturated rings. The predicted molar refractivity (Wildman–Crippen MR) is 54.9 cm³/mol. The van der Waals surface area contributed by atoms with Gasteiger partial charge in [-0.25, -0.2) is 0 Å². The van der Waals surface area contributed by atoms with Gasteiger partial charge in [-0.1, -0.05) is 26.0 Å². The maximum atomic E-state index is 2.33. The zero-order valence-electron chi connectivity index (χ0n) is 7.85. The summed E-state index contributed by atoms with van der Waals surface area (Å²) in [6, 6.07) is 6.61. The summed E-state index contributed by atoms with van der Waals surface area (Å²) in [5.74, 6) is 1.23. The maximum Gasteiger partial charge on any atom is 0.0113 e. The predicted octanol–water partition coefficient (Wildman–Crippen LogP) is 3.38. The van der Waals surface area contributed by atoms with Gasteiger partial charge in [0.2, 0.25) is 0 Å². The molecule has 0 atom stereocenters. The van der Waals surface area contributed by atoms with Crippen molar-refractivity contribution in [2.24, 2.45) is 0 Å². The first-order valence-electron chi connectivity index (χ1n) is 4.34. The van der Waals surface area contributed by atoms with E-state index in [1.807, 2.05) is 11.8 Å². The molecule has 0 spiro atoms. The third-order valence-corrected chi connectivity index (χ3v) is 4.02. The van der Waals surface area contributed by atoms with E-state index >= 15 is 0 Å². The highest BCUT2D eigenvalue weighted by Gasteiger charge is 2.31. The first kappa shape index (κ1) is 8.18. The molecule has 0 bridgehead atoms. The second-order valence-corrected chi connectivity index (χ2v) is 5.14. The van der Waals surface area contributed by atoms with Gasteiger partial charge >= 0.3 is 0 Å². The fourth-order valence-corrected chi connectivity index (χ4v) is 3.38. The molecule has 1 aliphatic rings. The molecule has 1 aromatic rings. The summed E-state index contributed by atoms with van der Waals surface area (Å²) in [7, 11) is 0. The van der Waals surface area contributed by atoms with Crippen molar-refractivity contribution in [2.45, 2.75) is 31.1 Å². The Morgan fingerprint density at radius 3 is 2.75 bits per heavy atom. The van der Waals surface area contributed by atoms with E-state index < -0.39 is 0 Å². The average Bonchev–Trinajstić information content (AvgIpc) is 2.29. The molecule has 0 saturated carbocycles. The molecule has 0 saturated heterocycles. The molecule has 0 unspecified atom stereocenters. The van der Waals surface area contributed by atoms with Crippen molar-refractivity contribution < 1.29 is 0 Å². The summed E-state index contributed by atoms with van der Waals surface area (Å²) in [6.07, 6.45) is 0. The van der Waals surface area contributed by atoms with Crippen LogP contribution in [0.4, 0.5) is 0 Å². The van der Waals surface area contributed by atoms with Crippen LogP contribution in [0.2, 0.25) is 0 Å². The van der Waals surface area contributed by atoms with E-state index in [4.69, 9.17) is 0 Å². The van der Waals surface area contributed by atoms with Crippen LogP contribution in [0.25, 0.3) is 0 Å². The number of benzene rings is 1. The molecule has 64 valence electrons. The Hall–Kier alpha value is -0.430. The van der Waals surface area contributed by atoms with Crippen molar-refractivity contribution in [3.63, 3.8) is 0 Å². The Labute approximate surface area is 78.4 Å². The molecule has 1 aromatic carbocycles. The second-order valence-electron chi connectivity index (χ2n) is 4.12. The summed E-state index contributed by atoms with van der Waals surface area (Å²) >= 11 is 1.99. The fourth-order valence-electron chi connectivity index (χ4n) is 1.96. The molecule has 12 heavy (non-hydrogen) atoms. The van der Waals surface area contributed by atoms with Crippen LogP contribution in [0.1, 0.15) is 25.0 Å². The van der Waals surface area contributed by atoms with Crippen molar-refractivity contribution in [2.75, 3.05) is 5.75 Å². The highest BCUT2D eigenvalue weighted by atomic mass is 32.2. The topological polar surface area (TPSA) is 0 Å². The molecule has 0 radical (unpaired) electrons. The quantitative estimate of drug-likeness (QED) is 0.587. The van der Waals surface area contributed by atoms with E-state index in [0.29, 0.717) is 5.41 Å². The van der Waals surface area contributed by atoms with E-state index in [9.17, 15) is 0 Å². The molecule has 2 rings (SSSR count). The molecule has 1 heterocycles. The molecule has 0 N–H and O–H groups in total. The first-order valence-corrected chi connectivity index (χ1v) is 5.33. The Morgan fingerprint density at radius 2 is 2.08 bits per heavy atom. The highest BCUT2D eigenvalue weighted by molar-refractivity contribution is 7.99. The summed E-state index contributed by atoms with van der Waals surface area (Å²) in [5.41, 5.74) is 3.39. The van der Waals surface area contributed by atoms with Crippen molar-refractivity contribution in [1.29, 1.82) is 0 Å². The molecule has 0 amide bonds. The van der Waals surface area contributed by atoms with Gasteiger partial charge in [0.1, 0.15) is 0 Å².